The van der Waals surface area contributed by atoms with Crippen LogP contribution in [0.1, 0.15) is 22.3 Å². The fraction of sp³-hybridized carbons (Fsp3) is 0.190. The summed E-state index contributed by atoms with van der Waals surface area (Å²) in [5.74, 6) is -1.20. The van der Waals surface area contributed by atoms with Crippen molar-refractivity contribution in [1.82, 2.24) is 14.5 Å². The molecule has 2 aromatic heterocycles. The summed E-state index contributed by atoms with van der Waals surface area (Å²) in [7, 11) is 0. The quantitative estimate of drug-likeness (QED) is 0.308. The van der Waals surface area contributed by atoms with Crippen molar-refractivity contribution in [1.29, 1.82) is 0 Å². The van der Waals surface area contributed by atoms with Crippen LogP contribution in [0.15, 0.2) is 49.1 Å². The summed E-state index contributed by atoms with van der Waals surface area (Å²) in [6, 6.07) is 7.88. The SMILES string of the molecule is Cc1ccc(Cl)c2sc(N(CCCn3ccnc3)C(=O)c3c(F)cccc3Cl)nc12.Cl. The molecule has 10 heteroatoms. The highest BCUT2D eigenvalue weighted by atomic mass is 35.5. The molecule has 0 aliphatic carbocycles. The first-order valence-corrected chi connectivity index (χ1v) is 10.8. The van der Waals surface area contributed by atoms with Gasteiger partial charge in [0, 0.05) is 25.5 Å². The Morgan fingerprint density at radius 1 is 1.23 bits per heavy atom. The standard InChI is InChI=1S/C21H17Cl2FN4OS.ClH/c1-13-6-7-15(23)19-18(13)26-21(30-19)28(10-3-9-27-11-8-25-12-27)20(29)17-14(22)4-2-5-16(17)24;/h2,4-8,11-12H,3,9-10H2,1H3;1H. The van der Waals surface area contributed by atoms with Gasteiger partial charge in [-0.15, -0.1) is 12.4 Å². The average Bonchev–Trinajstić information content (AvgIpc) is 3.38. The minimum atomic E-state index is -0.664. The van der Waals surface area contributed by atoms with E-state index in [4.69, 9.17) is 23.2 Å². The first-order chi connectivity index (χ1) is 14.5. The number of hydrogen-bond donors (Lipinski definition) is 0. The van der Waals surface area contributed by atoms with Gasteiger partial charge in [-0.05, 0) is 37.1 Å². The summed E-state index contributed by atoms with van der Waals surface area (Å²) in [6.07, 6.45) is 5.87. The molecule has 0 saturated carbocycles. The number of aryl methyl sites for hydroxylation is 2. The fourth-order valence-electron chi connectivity index (χ4n) is 3.16. The predicted octanol–water partition coefficient (Wildman–Crippen LogP) is 6.41. The van der Waals surface area contributed by atoms with Crippen molar-refractivity contribution in [2.45, 2.75) is 19.9 Å². The minimum absolute atomic E-state index is 0. The second kappa shape index (κ2) is 9.96. The summed E-state index contributed by atoms with van der Waals surface area (Å²) in [6.45, 7) is 2.92. The topological polar surface area (TPSA) is 51.0 Å². The second-order valence-corrected chi connectivity index (χ2v) is 8.54. The molecule has 0 N–H and O–H groups in total. The molecule has 0 spiro atoms. The minimum Gasteiger partial charge on any atom is -0.337 e. The van der Waals surface area contributed by atoms with Crippen molar-refractivity contribution in [3.05, 3.63) is 76.0 Å². The van der Waals surface area contributed by atoms with Gasteiger partial charge >= 0.3 is 0 Å². The van der Waals surface area contributed by atoms with Crippen LogP contribution in [0.2, 0.25) is 10.0 Å². The van der Waals surface area contributed by atoms with Crippen LogP contribution >= 0.6 is 46.9 Å². The lowest BCUT2D eigenvalue weighted by atomic mass is 10.2. The lowest BCUT2D eigenvalue weighted by Gasteiger charge is -2.21. The van der Waals surface area contributed by atoms with Gasteiger partial charge in [-0.3, -0.25) is 9.69 Å². The number of carbonyl (C=O) groups is 1. The van der Waals surface area contributed by atoms with E-state index in [9.17, 15) is 9.18 Å². The molecular formula is C21H18Cl3FN4OS. The Morgan fingerprint density at radius 3 is 2.71 bits per heavy atom. The second-order valence-electron chi connectivity index (χ2n) is 6.75. The summed E-state index contributed by atoms with van der Waals surface area (Å²) in [5, 5.41) is 1.08. The molecule has 2 aromatic carbocycles. The molecule has 4 aromatic rings. The maximum Gasteiger partial charge on any atom is 0.264 e. The van der Waals surface area contributed by atoms with Crippen LogP contribution in [-0.2, 0) is 6.54 Å². The van der Waals surface area contributed by atoms with Crippen molar-refractivity contribution in [2.24, 2.45) is 0 Å². The summed E-state index contributed by atoms with van der Waals surface area (Å²) < 4.78 is 17.2. The van der Waals surface area contributed by atoms with E-state index in [1.807, 2.05) is 23.8 Å². The molecule has 5 nitrogen and oxygen atoms in total. The first-order valence-electron chi connectivity index (χ1n) is 9.23. The number of anilines is 1. The molecule has 1 amide bonds. The van der Waals surface area contributed by atoms with Gasteiger partial charge in [0.05, 0.1) is 32.2 Å². The van der Waals surface area contributed by atoms with Crippen LogP contribution in [0, 0.1) is 12.7 Å². The highest BCUT2D eigenvalue weighted by molar-refractivity contribution is 7.23. The van der Waals surface area contributed by atoms with E-state index in [-0.39, 0.29) is 23.0 Å². The third-order valence-corrected chi connectivity index (χ3v) is 6.55. The Morgan fingerprint density at radius 2 is 2.03 bits per heavy atom. The van der Waals surface area contributed by atoms with Crippen LogP contribution < -0.4 is 4.90 Å². The van der Waals surface area contributed by atoms with Gasteiger partial charge in [-0.25, -0.2) is 14.4 Å². The highest BCUT2D eigenvalue weighted by Crippen LogP contribution is 2.36. The first kappa shape index (κ1) is 23.5. The number of imidazole rings is 1. The number of rotatable bonds is 6. The molecule has 0 aliphatic rings. The van der Waals surface area contributed by atoms with E-state index >= 15 is 0 Å². The van der Waals surface area contributed by atoms with Crippen LogP contribution in [0.5, 0.6) is 0 Å². The van der Waals surface area contributed by atoms with Gasteiger partial charge in [0.1, 0.15) is 5.82 Å². The van der Waals surface area contributed by atoms with Crippen molar-refractivity contribution >= 4 is 68.2 Å². The number of aromatic nitrogens is 3. The third kappa shape index (κ3) is 4.85. The Kier molecular flexibility index (Phi) is 7.54. The maximum atomic E-state index is 14.5. The van der Waals surface area contributed by atoms with Gasteiger partial charge in [0.15, 0.2) is 5.13 Å². The number of halogens is 4. The Balaban J connectivity index is 0.00000272. The molecule has 0 saturated heterocycles. The molecule has 31 heavy (non-hydrogen) atoms. The molecule has 2 heterocycles. The van der Waals surface area contributed by atoms with Crippen LogP contribution in [0.3, 0.4) is 0 Å². The number of amides is 1. The van der Waals surface area contributed by atoms with E-state index in [0.717, 1.165) is 15.8 Å². The summed E-state index contributed by atoms with van der Waals surface area (Å²) in [5.41, 5.74) is 1.52. The number of hydrogen-bond acceptors (Lipinski definition) is 4. The number of nitrogens with zero attached hydrogens (tertiary/aromatic N) is 4. The molecule has 0 atom stereocenters. The number of fused-ring (bicyclic) bond motifs is 1. The Hall–Kier alpha value is -2.19. The lowest BCUT2D eigenvalue weighted by Crippen LogP contribution is -2.33. The average molecular weight is 500 g/mol. The van der Waals surface area contributed by atoms with Crippen molar-refractivity contribution in [3.63, 3.8) is 0 Å². The van der Waals surface area contributed by atoms with Crippen LogP contribution in [0.4, 0.5) is 9.52 Å². The Bertz CT molecular complexity index is 1150. The monoisotopic (exact) mass is 498 g/mol. The summed E-state index contributed by atoms with van der Waals surface area (Å²) in [4.78, 5) is 23.5. The van der Waals surface area contributed by atoms with E-state index in [0.29, 0.717) is 29.7 Å². The molecule has 4 rings (SSSR count). The third-order valence-electron chi connectivity index (χ3n) is 4.70. The zero-order chi connectivity index (χ0) is 21.3. The van der Waals surface area contributed by atoms with Crippen molar-refractivity contribution in [3.8, 4) is 0 Å². The number of benzene rings is 2. The van der Waals surface area contributed by atoms with Gasteiger partial charge in [-0.2, -0.15) is 0 Å². The molecule has 0 fully saturated rings. The normalized spacial score (nSPS) is 10.8. The highest BCUT2D eigenvalue weighted by Gasteiger charge is 2.26. The van der Waals surface area contributed by atoms with Crippen LogP contribution in [0.25, 0.3) is 10.2 Å². The van der Waals surface area contributed by atoms with Gasteiger partial charge < -0.3 is 4.57 Å². The number of thiazole rings is 1. The smallest absolute Gasteiger partial charge is 0.264 e. The molecule has 0 unspecified atom stereocenters. The van der Waals surface area contributed by atoms with E-state index in [2.05, 4.69) is 9.97 Å². The molecule has 0 bridgehead atoms. The predicted molar refractivity (Wildman–Crippen MR) is 127 cm³/mol. The van der Waals surface area contributed by atoms with Crippen molar-refractivity contribution < 1.29 is 9.18 Å². The zero-order valence-electron chi connectivity index (χ0n) is 16.4. The van der Waals surface area contributed by atoms with Gasteiger partial charge in [0.2, 0.25) is 0 Å². The molecule has 162 valence electrons. The van der Waals surface area contributed by atoms with Gasteiger partial charge in [0.25, 0.3) is 5.91 Å². The lowest BCUT2D eigenvalue weighted by molar-refractivity contribution is 0.0982. The van der Waals surface area contributed by atoms with Gasteiger partial charge in [-0.1, -0.05) is 46.7 Å². The van der Waals surface area contributed by atoms with E-state index in [1.54, 1.807) is 18.6 Å². The molecule has 0 radical (unpaired) electrons. The largest absolute Gasteiger partial charge is 0.337 e. The zero-order valence-corrected chi connectivity index (χ0v) is 19.5. The Labute approximate surface area is 198 Å². The number of carbonyl (C=O) groups excluding carboxylic acids is 1. The van der Waals surface area contributed by atoms with Crippen molar-refractivity contribution in [2.75, 3.05) is 11.4 Å². The van der Waals surface area contributed by atoms with E-state index in [1.165, 1.54) is 34.4 Å². The van der Waals surface area contributed by atoms with Crippen LogP contribution in [-0.4, -0.2) is 27.0 Å². The molecule has 0 aliphatic heterocycles. The van der Waals surface area contributed by atoms with E-state index < -0.39 is 11.7 Å². The molecular weight excluding hydrogens is 482 g/mol. The maximum absolute atomic E-state index is 14.5. The summed E-state index contributed by atoms with van der Waals surface area (Å²) >= 11 is 13.8. The fourth-order valence-corrected chi connectivity index (χ4v) is 4.74.